The Morgan fingerprint density at radius 3 is 2.63 bits per heavy atom. The zero-order valence-electron chi connectivity index (χ0n) is 21.1. The second-order valence-corrected chi connectivity index (χ2v) is 11.7. The molecular weight excluding hydrogens is 626 g/mol. The molecule has 0 bridgehead atoms. The van der Waals surface area contributed by atoms with Crippen LogP contribution in [0.15, 0.2) is 39.2 Å². The van der Waals surface area contributed by atoms with Gasteiger partial charge in [0, 0.05) is 49.2 Å². The van der Waals surface area contributed by atoms with Gasteiger partial charge in [-0.15, -0.1) is 34.4 Å². The third-order valence-electron chi connectivity index (χ3n) is 6.09. The number of carbonyl (C=O) groups is 3. The Bertz CT molecular complexity index is 1760. The first-order chi connectivity index (χ1) is 19.0. The number of benzene rings is 1. The number of anilines is 1. The average molecular weight is 642 g/mol. The smallest absolute Gasteiger partial charge is 0.543 e. The van der Waals surface area contributed by atoms with Crippen molar-refractivity contribution in [2.45, 2.75) is 10.9 Å². The molecule has 1 saturated heterocycles. The molecule has 41 heavy (non-hydrogen) atoms. The van der Waals surface area contributed by atoms with Crippen molar-refractivity contribution in [1.82, 2.24) is 15.2 Å². The zero-order chi connectivity index (χ0) is 28.9. The molecule has 0 radical (unpaired) electrons. The number of thioether (sulfide) groups is 1. The maximum absolute atomic E-state index is 13.5. The third-order valence-corrected chi connectivity index (χ3v) is 9.63. The molecule has 4 heterocycles. The van der Waals surface area contributed by atoms with E-state index in [0.29, 0.717) is 0 Å². The van der Waals surface area contributed by atoms with Gasteiger partial charge in [-0.25, -0.2) is 4.98 Å². The summed E-state index contributed by atoms with van der Waals surface area (Å²) in [6, 6.07) is 3.49. The van der Waals surface area contributed by atoms with E-state index < -0.39 is 51.3 Å². The number of aliphatic carboxylic acids is 1. The molecule has 5 rings (SSSR count). The molecule has 1 fully saturated rings. The Morgan fingerprint density at radius 1 is 1.32 bits per heavy atom. The fraction of sp³-hybridized carbons (Fsp3) is 0.174. The molecule has 18 heteroatoms. The number of carboxylic acid groups (broad SMARTS) is 1. The molecule has 0 aliphatic carbocycles. The number of carboxylic acids is 1. The fourth-order valence-corrected chi connectivity index (χ4v) is 7.89. The molecule has 2 aromatic heterocycles. The summed E-state index contributed by atoms with van der Waals surface area (Å²) in [6.45, 7) is 0. The van der Waals surface area contributed by atoms with Crippen molar-refractivity contribution in [3.8, 4) is 11.5 Å². The van der Waals surface area contributed by atoms with Gasteiger partial charge in [0.25, 0.3) is 11.8 Å². The van der Waals surface area contributed by atoms with Gasteiger partial charge < -0.3 is 36.0 Å². The van der Waals surface area contributed by atoms with Gasteiger partial charge >= 0.3 is 29.6 Å². The number of phenolic OH excluding ortho intramolecular Hbond substituents is 2. The first kappa shape index (κ1) is 30.9. The molecule has 0 unspecified atom stereocenters. The number of aromatic hydroxyl groups is 2. The van der Waals surface area contributed by atoms with Crippen molar-refractivity contribution in [3.05, 3.63) is 50.1 Å². The van der Waals surface area contributed by atoms with Crippen molar-refractivity contribution in [2.24, 2.45) is 5.16 Å². The number of nitrogens with zero attached hydrogens (tertiary/aromatic N) is 3. The minimum atomic E-state index is -1.78. The van der Waals surface area contributed by atoms with Crippen LogP contribution in [0.5, 0.6) is 11.5 Å². The molecule has 206 valence electrons. The van der Waals surface area contributed by atoms with Crippen LogP contribution in [0, 0.1) is 0 Å². The Kier molecular flexibility index (Phi) is 8.79. The van der Waals surface area contributed by atoms with Crippen LogP contribution >= 0.6 is 46.7 Å². The van der Waals surface area contributed by atoms with Gasteiger partial charge in [-0.05, 0) is 6.07 Å². The van der Waals surface area contributed by atoms with Crippen molar-refractivity contribution in [1.29, 1.82) is 0 Å². The molecule has 3 aromatic rings. The number of oxime groups is 1. The van der Waals surface area contributed by atoms with Crippen LogP contribution in [0.25, 0.3) is 15.7 Å². The number of hydrogen-bond acceptors (Lipinski definition) is 15. The van der Waals surface area contributed by atoms with Crippen LogP contribution in [0.4, 0.5) is 5.13 Å². The Hall–Kier alpha value is -3.06. The van der Waals surface area contributed by atoms with Crippen molar-refractivity contribution in [3.63, 3.8) is 0 Å². The maximum atomic E-state index is 13.5. The average Bonchev–Trinajstić information content (AvgIpc) is 3.35. The number of rotatable bonds is 7. The molecular formula is C23H16N5NaO8S4. The molecule has 0 spiro atoms. The summed E-state index contributed by atoms with van der Waals surface area (Å²) < 4.78 is 0.290. The Morgan fingerprint density at radius 2 is 2.02 bits per heavy atom. The van der Waals surface area contributed by atoms with Gasteiger partial charge in [-0.1, -0.05) is 17.4 Å². The number of thiocarbonyl (C=S) groups is 1. The number of thiazole rings is 1. The summed E-state index contributed by atoms with van der Waals surface area (Å²) in [5.74, 6) is -4.30. The number of nitrogen functional groups attached to an aromatic ring is 1. The van der Waals surface area contributed by atoms with Crippen LogP contribution in [0.3, 0.4) is 0 Å². The normalized spacial score (nSPS) is 20.1. The van der Waals surface area contributed by atoms with Gasteiger partial charge in [0.05, 0.1) is 11.7 Å². The minimum Gasteiger partial charge on any atom is -0.543 e. The van der Waals surface area contributed by atoms with Crippen LogP contribution in [-0.4, -0.2) is 72.7 Å². The van der Waals surface area contributed by atoms with E-state index >= 15 is 0 Å². The van der Waals surface area contributed by atoms with Crippen molar-refractivity contribution >= 4 is 96.3 Å². The van der Waals surface area contributed by atoms with E-state index in [2.05, 4.69) is 15.5 Å². The predicted molar refractivity (Wildman–Crippen MR) is 151 cm³/mol. The zero-order valence-corrected chi connectivity index (χ0v) is 26.3. The molecule has 5 N–H and O–H groups in total. The first-order valence-electron chi connectivity index (χ1n) is 11.0. The predicted octanol–water partition coefficient (Wildman–Crippen LogP) is -3.00. The number of phenols is 2. The van der Waals surface area contributed by atoms with E-state index in [1.807, 2.05) is 0 Å². The molecule has 2 atom stereocenters. The van der Waals surface area contributed by atoms with Crippen LogP contribution < -0.4 is 51.1 Å². The molecule has 2 aliphatic rings. The topological polar surface area (TPSA) is 208 Å². The summed E-state index contributed by atoms with van der Waals surface area (Å²) >= 11 is 8.29. The second kappa shape index (κ2) is 11.7. The van der Waals surface area contributed by atoms with E-state index in [9.17, 15) is 34.5 Å². The molecule has 2 amide bonds. The van der Waals surface area contributed by atoms with Gasteiger partial charge in [0.1, 0.15) is 18.2 Å². The van der Waals surface area contributed by atoms with Crippen LogP contribution in [0.1, 0.15) is 10.6 Å². The maximum Gasteiger partial charge on any atom is 1.00 e. The summed E-state index contributed by atoms with van der Waals surface area (Å²) in [4.78, 5) is 61.7. The SMILES string of the molecule is CO/N=C(\C(=O)N[C@]1(C=S)C(=O)N2C(C(=O)[O-])=C(c3cc(=O)c4cc(O)c(O)cc4s3)CS[C@H]21)c1csc(N)n1.[Na+]. The van der Waals surface area contributed by atoms with Crippen molar-refractivity contribution < 1.29 is 64.1 Å². The number of β-lactam (4-membered cyclic amide) rings is 1. The largest absolute Gasteiger partial charge is 1.00 e. The number of carbonyl (C=O) groups excluding carboxylic acids is 3. The quantitative estimate of drug-likeness (QED) is 0.0508. The third kappa shape index (κ3) is 5.11. The molecule has 13 nitrogen and oxygen atoms in total. The Labute approximate surface area is 270 Å². The number of amides is 2. The number of hydrogen-bond donors (Lipinski definition) is 4. The minimum absolute atomic E-state index is 0. The van der Waals surface area contributed by atoms with Crippen LogP contribution in [-0.2, 0) is 19.2 Å². The first-order valence-corrected chi connectivity index (χ1v) is 14.2. The number of nitrogens with one attached hydrogen (secondary N) is 1. The molecule has 2 aliphatic heterocycles. The monoisotopic (exact) mass is 641 g/mol. The number of aromatic nitrogens is 1. The van der Waals surface area contributed by atoms with E-state index in [4.69, 9.17) is 22.8 Å². The van der Waals surface area contributed by atoms with Crippen LogP contribution in [0.2, 0.25) is 0 Å². The fourth-order valence-electron chi connectivity index (χ4n) is 4.28. The van der Waals surface area contributed by atoms with Crippen molar-refractivity contribution in [2.75, 3.05) is 18.6 Å². The Balaban J connectivity index is 0.00000387. The van der Waals surface area contributed by atoms with E-state index in [0.717, 1.165) is 50.8 Å². The number of fused-ring (bicyclic) bond motifs is 2. The van der Waals surface area contributed by atoms with E-state index in [1.54, 1.807) is 0 Å². The standard InChI is InChI=1S/C23H17N5O8S4.Na/c1-36-27-16(10-6-39-22(24)25-10)18(32)26-23(7-37)20(35)28-17(19(33)34)9(5-38-21(23)28)15-3-11(29)8-2-12(30)13(31)4-14(8)40-15;/h2-4,6-7,21,30-31H,5H2,1H3,(H2,24,25)(H,26,32)(H,33,34);/q;+1/p-1/b27-16-;/t21-,23+;/m0./s1. The van der Waals surface area contributed by atoms with Gasteiger partial charge in [-0.2, -0.15) is 0 Å². The van der Waals surface area contributed by atoms with Gasteiger partial charge in [0.2, 0.25) is 0 Å². The second-order valence-electron chi connectivity index (χ2n) is 8.40. The summed E-state index contributed by atoms with van der Waals surface area (Å²) in [5, 5.41) is 40.0. The number of nitrogens with two attached hydrogens (primary N) is 1. The molecule has 1 aromatic carbocycles. The summed E-state index contributed by atoms with van der Waals surface area (Å²) in [5.41, 5.74) is 2.83. The summed E-state index contributed by atoms with van der Waals surface area (Å²) in [7, 11) is 1.22. The summed E-state index contributed by atoms with van der Waals surface area (Å²) in [6.07, 6.45) is 0. The van der Waals surface area contributed by atoms with E-state index in [1.165, 1.54) is 24.6 Å². The molecule has 0 saturated carbocycles. The van der Waals surface area contributed by atoms with E-state index in [-0.39, 0.29) is 72.4 Å². The van der Waals surface area contributed by atoms with Gasteiger partial charge in [-0.3, -0.25) is 19.3 Å². The van der Waals surface area contributed by atoms with Gasteiger partial charge in [0.15, 0.2) is 33.3 Å².